The fraction of sp³-hybridized carbons (Fsp3) is 0.250. The van der Waals surface area contributed by atoms with E-state index in [1.54, 1.807) is 11.3 Å². The van der Waals surface area contributed by atoms with Gasteiger partial charge in [0.2, 0.25) is 5.91 Å². The van der Waals surface area contributed by atoms with Gasteiger partial charge in [-0.1, -0.05) is 37.3 Å². The van der Waals surface area contributed by atoms with Crippen molar-refractivity contribution in [2.75, 3.05) is 0 Å². The molecular formula is C20H21NO2S2. The lowest BCUT2D eigenvalue weighted by Crippen LogP contribution is -2.28. The summed E-state index contributed by atoms with van der Waals surface area (Å²) in [6.07, 6.45) is 0.177. The van der Waals surface area contributed by atoms with Gasteiger partial charge in [-0.2, -0.15) is 11.3 Å². The smallest absolute Gasteiger partial charge is 0.227 e. The molecule has 0 aliphatic carbocycles. The summed E-state index contributed by atoms with van der Waals surface area (Å²) in [5, 5.41) is 17.3. The highest BCUT2D eigenvalue weighted by Gasteiger charge is 2.19. The number of hydrogen-bond acceptors (Lipinski definition) is 4. The van der Waals surface area contributed by atoms with Gasteiger partial charge in [-0.05, 0) is 46.5 Å². The first kappa shape index (κ1) is 17.9. The molecular weight excluding hydrogens is 350 g/mol. The SMILES string of the molecule is CC[C@@H](C(=O)NCc1ccc([C@H](O)c2ccsc2)s1)c1ccccc1. The molecule has 130 valence electrons. The quantitative estimate of drug-likeness (QED) is 0.632. The number of benzene rings is 1. The summed E-state index contributed by atoms with van der Waals surface area (Å²) in [4.78, 5) is 14.5. The molecule has 2 heterocycles. The summed E-state index contributed by atoms with van der Waals surface area (Å²) < 4.78 is 0. The van der Waals surface area contributed by atoms with Crippen LogP contribution in [0.5, 0.6) is 0 Å². The van der Waals surface area contributed by atoms with Crippen LogP contribution in [-0.2, 0) is 11.3 Å². The second kappa shape index (κ2) is 8.43. The lowest BCUT2D eigenvalue weighted by Gasteiger charge is -2.15. The summed E-state index contributed by atoms with van der Waals surface area (Å²) >= 11 is 3.11. The van der Waals surface area contributed by atoms with E-state index < -0.39 is 6.10 Å². The van der Waals surface area contributed by atoms with E-state index in [1.807, 2.05) is 66.2 Å². The van der Waals surface area contributed by atoms with E-state index in [1.165, 1.54) is 11.3 Å². The first-order valence-electron chi connectivity index (χ1n) is 8.30. The van der Waals surface area contributed by atoms with E-state index in [0.29, 0.717) is 6.54 Å². The van der Waals surface area contributed by atoms with Crippen LogP contribution >= 0.6 is 22.7 Å². The molecule has 3 rings (SSSR count). The number of amides is 1. The highest BCUT2D eigenvalue weighted by Crippen LogP contribution is 2.29. The first-order valence-corrected chi connectivity index (χ1v) is 10.1. The summed E-state index contributed by atoms with van der Waals surface area (Å²) in [7, 11) is 0. The Morgan fingerprint density at radius 1 is 1.12 bits per heavy atom. The minimum absolute atomic E-state index is 0.0435. The van der Waals surface area contributed by atoms with Crippen LogP contribution in [0.4, 0.5) is 0 Å². The molecule has 0 spiro atoms. The number of aliphatic hydroxyl groups excluding tert-OH is 1. The highest BCUT2D eigenvalue weighted by molar-refractivity contribution is 7.12. The molecule has 2 N–H and O–H groups in total. The van der Waals surface area contributed by atoms with Crippen LogP contribution in [0.2, 0.25) is 0 Å². The Bertz CT molecular complexity index is 796. The molecule has 5 heteroatoms. The van der Waals surface area contributed by atoms with Crippen molar-refractivity contribution < 1.29 is 9.90 Å². The number of rotatable bonds is 7. The summed E-state index contributed by atoms with van der Waals surface area (Å²) in [6.45, 7) is 2.51. The van der Waals surface area contributed by atoms with Crippen LogP contribution in [0.15, 0.2) is 59.3 Å². The average Bonchev–Trinajstić information content (AvgIpc) is 3.33. The second-order valence-electron chi connectivity index (χ2n) is 5.85. The fourth-order valence-electron chi connectivity index (χ4n) is 2.79. The van der Waals surface area contributed by atoms with Gasteiger partial charge in [0.15, 0.2) is 0 Å². The van der Waals surface area contributed by atoms with Gasteiger partial charge in [-0.25, -0.2) is 0 Å². The van der Waals surface area contributed by atoms with Gasteiger partial charge in [0.1, 0.15) is 6.10 Å². The minimum Gasteiger partial charge on any atom is -0.383 e. The Balaban J connectivity index is 1.61. The van der Waals surface area contributed by atoms with Crippen molar-refractivity contribution in [1.82, 2.24) is 5.32 Å². The molecule has 1 amide bonds. The first-order chi connectivity index (χ1) is 12.2. The number of nitrogens with one attached hydrogen (secondary N) is 1. The molecule has 2 aromatic heterocycles. The van der Waals surface area contributed by atoms with E-state index in [9.17, 15) is 9.90 Å². The zero-order chi connectivity index (χ0) is 17.6. The third-order valence-corrected chi connectivity index (χ3v) is 6.01. The number of carbonyl (C=O) groups is 1. The van der Waals surface area contributed by atoms with Crippen molar-refractivity contribution in [1.29, 1.82) is 0 Å². The summed E-state index contributed by atoms with van der Waals surface area (Å²) in [6, 6.07) is 15.7. The lowest BCUT2D eigenvalue weighted by atomic mass is 9.96. The van der Waals surface area contributed by atoms with Crippen LogP contribution in [0.3, 0.4) is 0 Å². The third-order valence-electron chi connectivity index (χ3n) is 4.17. The Morgan fingerprint density at radius 2 is 1.92 bits per heavy atom. The van der Waals surface area contributed by atoms with Crippen LogP contribution in [-0.4, -0.2) is 11.0 Å². The zero-order valence-electron chi connectivity index (χ0n) is 14.0. The predicted octanol–water partition coefficient (Wildman–Crippen LogP) is 4.70. The van der Waals surface area contributed by atoms with E-state index in [0.717, 1.165) is 27.3 Å². The number of hydrogen-bond donors (Lipinski definition) is 2. The van der Waals surface area contributed by atoms with Crippen molar-refractivity contribution in [3.63, 3.8) is 0 Å². The van der Waals surface area contributed by atoms with Crippen molar-refractivity contribution in [2.45, 2.75) is 31.9 Å². The van der Waals surface area contributed by atoms with Crippen molar-refractivity contribution >= 4 is 28.6 Å². The standard InChI is InChI=1S/C20H21NO2S2/c1-2-17(14-6-4-3-5-7-14)20(23)21-12-16-8-9-18(25-16)19(22)15-10-11-24-13-15/h3-11,13,17,19,22H,2,12H2,1H3,(H,21,23)/t17-,19-/m1/s1. The maximum absolute atomic E-state index is 12.5. The Hall–Kier alpha value is -1.95. The molecule has 0 bridgehead atoms. The van der Waals surface area contributed by atoms with Crippen LogP contribution in [0, 0.1) is 0 Å². The van der Waals surface area contributed by atoms with Crippen LogP contribution in [0.1, 0.15) is 46.2 Å². The molecule has 1 aromatic carbocycles. The molecule has 0 aliphatic heterocycles. The third kappa shape index (κ3) is 4.37. The fourth-order valence-corrected chi connectivity index (χ4v) is 4.43. The highest BCUT2D eigenvalue weighted by atomic mass is 32.1. The summed E-state index contributed by atoms with van der Waals surface area (Å²) in [5.74, 6) is -0.0842. The molecule has 3 nitrogen and oxygen atoms in total. The lowest BCUT2D eigenvalue weighted by molar-refractivity contribution is -0.122. The Kier molecular flexibility index (Phi) is 6.02. The van der Waals surface area contributed by atoms with Gasteiger partial charge < -0.3 is 10.4 Å². The number of carbonyl (C=O) groups excluding carboxylic acids is 1. The van der Waals surface area contributed by atoms with Gasteiger partial charge in [0, 0.05) is 9.75 Å². The molecule has 0 saturated heterocycles. The molecule has 0 radical (unpaired) electrons. The Labute approximate surface area is 156 Å². The van der Waals surface area contributed by atoms with Crippen molar-refractivity contribution in [2.24, 2.45) is 0 Å². The van der Waals surface area contributed by atoms with E-state index in [4.69, 9.17) is 0 Å². The van der Waals surface area contributed by atoms with Crippen molar-refractivity contribution in [3.8, 4) is 0 Å². The topological polar surface area (TPSA) is 49.3 Å². The Morgan fingerprint density at radius 3 is 2.60 bits per heavy atom. The van der Waals surface area contributed by atoms with Crippen molar-refractivity contribution in [3.05, 3.63) is 80.2 Å². The molecule has 0 unspecified atom stereocenters. The maximum atomic E-state index is 12.5. The average molecular weight is 372 g/mol. The van der Waals surface area contributed by atoms with Crippen LogP contribution < -0.4 is 5.32 Å². The molecule has 25 heavy (non-hydrogen) atoms. The van der Waals surface area contributed by atoms with E-state index >= 15 is 0 Å². The molecule has 0 saturated carbocycles. The maximum Gasteiger partial charge on any atom is 0.227 e. The van der Waals surface area contributed by atoms with Gasteiger partial charge in [-0.15, -0.1) is 11.3 Å². The largest absolute Gasteiger partial charge is 0.383 e. The van der Waals surface area contributed by atoms with Gasteiger partial charge in [-0.3, -0.25) is 4.79 Å². The van der Waals surface area contributed by atoms with Crippen LogP contribution in [0.25, 0.3) is 0 Å². The van der Waals surface area contributed by atoms with E-state index in [2.05, 4.69) is 5.32 Å². The number of thiophene rings is 2. The summed E-state index contributed by atoms with van der Waals surface area (Å²) in [5.41, 5.74) is 1.96. The molecule has 0 aliphatic rings. The van der Waals surface area contributed by atoms with Gasteiger partial charge in [0.05, 0.1) is 12.5 Å². The second-order valence-corrected chi connectivity index (χ2v) is 7.83. The molecule has 0 fully saturated rings. The zero-order valence-corrected chi connectivity index (χ0v) is 15.6. The monoisotopic (exact) mass is 371 g/mol. The molecule has 3 aromatic rings. The number of aliphatic hydroxyl groups is 1. The van der Waals surface area contributed by atoms with Gasteiger partial charge >= 0.3 is 0 Å². The van der Waals surface area contributed by atoms with Gasteiger partial charge in [0.25, 0.3) is 0 Å². The van der Waals surface area contributed by atoms with E-state index in [-0.39, 0.29) is 11.8 Å². The predicted molar refractivity (Wildman–Crippen MR) is 104 cm³/mol. The minimum atomic E-state index is -0.589. The molecule has 2 atom stereocenters. The normalized spacial score (nSPS) is 13.4.